The van der Waals surface area contributed by atoms with Gasteiger partial charge in [-0.1, -0.05) is 0 Å². The Balaban J connectivity index is 1.41. The van der Waals surface area contributed by atoms with Crippen LogP contribution < -0.4 is 0 Å². The quantitative estimate of drug-likeness (QED) is 0.158. The molecule has 0 bridgehead atoms. The van der Waals surface area contributed by atoms with Crippen molar-refractivity contribution in [2.24, 2.45) is 0 Å². The third-order valence-corrected chi connectivity index (χ3v) is 30.6. The molecule has 2 atom stereocenters. The molecule has 0 N–H and O–H groups in total. The van der Waals surface area contributed by atoms with Gasteiger partial charge < -0.3 is 0 Å². The molecule has 4 aromatic carbocycles. The summed E-state index contributed by atoms with van der Waals surface area (Å²) in [5.74, 6) is 3.99. The second-order valence-electron chi connectivity index (χ2n) is 15.5. The maximum atomic E-state index is 6.58. The van der Waals surface area contributed by atoms with Crippen molar-refractivity contribution in [3.8, 4) is 22.3 Å². The average molecular weight is 776 g/mol. The molecule has 0 radical (unpaired) electrons. The fourth-order valence-corrected chi connectivity index (χ4v) is 28.7. The van der Waals surface area contributed by atoms with Crippen molar-refractivity contribution < 1.29 is 29.2 Å². The predicted octanol–water partition coefficient (Wildman–Crippen LogP) is 13.4. The second kappa shape index (κ2) is 13.5. The van der Waals surface area contributed by atoms with E-state index in [4.69, 9.17) is 8.83 Å². The molecule has 260 valence electrons. The molecule has 0 saturated carbocycles. The van der Waals surface area contributed by atoms with E-state index in [0.29, 0.717) is 7.25 Å². The van der Waals surface area contributed by atoms with Gasteiger partial charge >= 0.3 is 320 Å². The molecule has 2 aromatic heterocycles. The maximum absolute atomic E-state index is 6.58. The zero-order valence-corrected chi connectivity index (χ0v) is 35.7. The first-order valence-corrected chi connectivity index (χ1v) is 27.6. The normalized spacial score (nSPS) is 16.1. The van der Waals surface area contributed by atoms with E-state index in [1.165, 1.54) is 89.0 Å². The van der Waals surface area contributed by atoms with Gasteiger partial charge in [-0.25, -0.2) is 0 Å². The molecule has 2 aliphatic rings. The van der Waals surface area contributed by atoms with Crippen molar-refractivity contribution in [3.05, 3.63) is 164 Å². The molecule has 0 spiro atoms. The van der Waals surface area contributed by atoms with Gasteiger partial charge in [-0.3, -0.25) is 0 Å². The van der Waals surface area contributed by atoms with Crippen molar-refractivity contribution in [3.63, 3.8) is 0 Å². The van der Waals surface area contributed by atoms with E-state index in [9.17, 15) is 0 Å². The van der Waals surface area contributed by atoms with E-state index < -0.39 is 25.8 Å². The van der Waals surface area contributed by atoms with Crippen LogP contribution in [0.25, 0.3) is 45.6 Å². The zero-order chi connectivity index (χ0) is 36.6. The van der Waals surface area contributed by atoms with E-state index in [-0.39, 0.29) is 0 Å². The Morgan fingerprint density at radius 1 is 0.481 bits per heavy atom. The monoisotopic (exact) mass is 774 g/mol. The Labute approximate surface area is 317 Å². The number of rotatable bonds is 6. The minimum absolute atomic E-state index is 0.345. The van der Waals surface area contributed by atoms with E-state index in [2.05, 4.69) is 166 Å². The second-order valence-corrected chi connectivity index (χ2v) is 33.4. The first kappa shape index (κ1) is 35.1. The summed E-state index contributed by atoms with van der Waals surface area (Å²) in [5, 5.41) is 0. The fourth-order valence-electron chi connectivity index (χ4n) is 8.86. The van der Waals surface area contributed by atoms with Crippen LogP contribution >= 0.6 is 0 Å². The van der Waals surface area contributed by atoms with E-state index in [1.54, 1.807) is 0 Å². The first-order chi connectivity index (χ1) is 24.9. The summed E-state index contributed by atoms with van der Waals surface area (Å²) >= 11 is -2.65. The van der Waals surface area contributed by atoms with E-state index in [0.717, 1.165) is 23.0 Å². The number of allylic oxidation sites excluding steroid dienone is 2. The average Bonchev–Trinajstić information content (AvgIpc) is 3.89. The molecule has 0 amide bonds. The van der Waals surface area contributed by atoms with Crippen LogP contribution in [0.3, 0.4) is 0 Å². The Morgan fingerprint density at radius 3 is 1.25 bits per heavy atom. The van der Waals surface area contributed by atoms with Crippen LogP contribution in [-0.2, 0) is 20.4 Å². The van der Waals surface area contributed by atoms with Crippen LogP contribution in [0.2, 0.25) is 13.1 Å². The molecule has 0 fully saturated rings. The van der Waals surface area contributed by atoms with Crippen LogP contribution in [0.1, 0.15) is 85.9 Å². The Kier molecular flexibility index (Phi) is 9.08. The molecule has 2 heterocycles. The van der Waals surface area contributed by atoms with Gasteiger partial charge in [0, 0.05) is 0 Å². The summed E-state index contributed by atoms with van der Waals surface area (Å²) in [7, 11) is 0. The van der Waals surface area contributed by atoms with Crippen molar-refractivity contribution in [2.75, 3.05) is 0 Å². The Morgan fingerprint density at radius 2 is 0.885 bits per heavy atom. The zero-order valence-electron chi connectivity index (χ0n) is 32.2. The van der Waals surface area contributed by atoms with Crippen molar-refractivity contribution >= 4 is 28.7 Å². The molecule has 2 nitrogen and oxygen atoms in total. The number of hydrogen-bond donors (Lipinski definition) is 0. The third kappa shape index (κ3) is 5.87. The molecule has 8 rings (SSSR count). The van der Waals surface area contributed by atoms with E-state index in [1.807, 2.05) is 0 Å². The van der Waals surface area contributed by atoms with Gasteiger partial charge in [-0.2, -0.15) is 0 Å². The van der Waals surface area contributed by atoms with E-state index >= 15 is 0 Å². The molecule has 0 aliphatic heterocycles. The van der Waals surface area contributed by atoms with Gasteiger partial charge in [-0.05, 0) is 0 Å². The summed E-state index contributed by atoms with van der Waals surface area (Å²) < 4.78 is 13.9. The van der Waals surface area contributed by atoms with Crippen molar-refractivity contribution in [1.82, 2.24) is 0 Å². The molecule has 2 aliphatic carbocycles. The number of furan rings is 2. The number of benzene rings is 4. The molecule has 4 heteroatoms. The Bertz CT molecular complexity index is 2360. The van der Waals surface area contributed by atoms with Crippen molar-refractivity contribution in [1.29, 1.82) is 0 Å². The minimum atomic E-state index is -2.65. The van der Waals surface area contributed by atoms with Crippen LogP contribution in [0.4, 0.5) is 0 Å². The fraction of sp³-hybridized carbons (Fsp3) is 0.250. The molecular formula is C48H48O2SiZr. The summed E-state index contributed by atoms with van der Waals surface area (Å²) in [6.07, 6.45) is 5.06. The standard InChI is InChI=1S/2C23H21O.C2H6Si.Zr/c2*1-14-5-6-15(2)20(11-14)23-16(3)7-9-18-12-19(13-21(18)23)22-10-8-17(4)24-22;1-3-2;/h2*5-13H,1-4H3;1-2H3;. The van der Waals surface area contributed by atoms with Gasteiger partial charge in [-0.15, -0.1) is 0 Å². The number of fused-ring (bicyclic) bond motifs is 2. The molecule has 0 saturated heterocycles. The number of aryl methyl sites for hydroxylation is 8. The van der Waals surface area contributed by atoms with Crippen LogP contribution in [0.5, 0.6) is 0 Å². The predicted molar refractivity (Wildman–Crippen MR) is 218 cm³/mol. The van der Waals surface area contributed by atoms with Gasteiger partial charge in [0.1, 0.15) is 0 Å². The summed E-state index contributed by atoms with van der Waals surface area (Å²) in [6, 6.07) is 32.3. The van der Waals surface area contributed by atoms with Crippen LogP contribution in [-0.4, -0.2) is 5.43 Å². The van der Waals surface area contributed by atoms with Crippen LogP contribution in [0, 0.1) is 55.4 Å². The summed E-state index contributed by atoms with van der Waals surface area (Å²) in [4.78, 5) is 0. The Hall–Kier alpha value is -3.98. The topological polar surface area (TPSA) is 26.3 Å². The van der Waals surface area contributed by atoms with Gasteiger partial charge in [0.2, 0.25) is 0 Å². The van der Waals surface area contributed by atoms with Crippen LogP contribution in [0.15, 0.2) is 93.8 Å². The van der Waals surface area contributed by atoms with Gasteiger partial charge in [0.05, 0.1) is 0 Å². The van der Waals surface area contributed by atoms with Gasteiger partial charge in [0.15, 0.2) is 0 Å². The van der Waals surface area contributed by atoms with Crippen molar-refractivity contribution in [2.45, 2.75) is 75.7 Å². The SMILES string of the molecule is Cc1ccc(C)c(-c2c(C)ccc3c2C=C(c2ccc(C)o2)[CH]3[Zr]([CH]2C(c3ccc(C)o3)=Cc3c2ccc(C)c3-c2cc(C)ccc2C)=[Si](C)C)c1. The summed E-state index contributed by atoms with van der Waals surface area (Å²) in [6.45, 7) is 22.9. The molecule has 6 aromatic rings. The molecule has 52 heavy (non-hydrogen) atoms. The first-order valence-electron chi connectivity index (χ1n) is 18.6. The third-order valence-electron chi connectivity index (χ3n) is 11.4. The number of hydrogen-bond acceptors (Lipinski definition) is 2. The molecule has 2 unspecified atom stereocenters. The van der Waals surface area contributed by atoms with Gasteiger partial charge in [0.25, 0.3) is 0 Å². The summed E-state index contributed by atoms with van der Waals surface area (Å²) in [5.41, 5.74) is 21.1. The molecular weight excluding hydrogens is 728 g/mol.